The van der Waals surface area contributed by atoms with Crippen molar-refractivity contribution < 1.29 is 13.2 Å². The minimum Gasteiger partial charge on any atom is -0.293 e. The maximum atomic E-state index is 13.0. The van der Waals surface area contributed by atoms with Gasteiger partial charge < -0.3 is 0 Å². The number of hydrogen-bond acceptors (Lipinski definition) is 4. The molecule has 0 fully saturated rings. The lowest BCUT2D eigenvalue weighted by molar-refractivity contribution is -0.119. The van der Waals surface area contributed by atoms with Gasteiger partial charge in [-0.25, -0.2) is 14.3 Å². The highest BCUT2D eigenvalue weighted by Crippen LogP contribution is 2.26. The third-order valence-electron chi connectivity index (χ3n) is 3.44. The van der Waals surface area contributed by atoms with Crippen LogP contribution in [0.2, 0.25) is 0 Å². The van der Waals surface area contributed by atoms with E-state index in [9.17, 15) is 13.2 Å². The average Bonchev–Trinajstić information content (AvgIpc) is 2.53. The van der Waals surface area contributed by atoms with Crippen molar-refractivity contribution in [3.8, 4) is 0 Å². The highest BCUT2D eigenvalue weighted by molar-refractivity contribution is 7.92. The largest absolute Gasteiger partial charge is 0.293 e. The molecule has 0 aliphatic heterocycles. The van der Waals surface area contributed by atoms with Crippen molar-refractivity contribution in [2.75, 3.05) is 10.8 Å². The predicted octanol–water partition coefficient (Wildman–Crippen LogP) is 1.49. The fraction of sp³-hybridized carbons (Fsp3) is 0.188. The van der Waals surface area contributed by atoms with Gasteiger partial charge in [-0.1, -0.05) is 35.9 Å². The highest BCUT2D eigenvalue weighted by atomic mass is 32.2. The van der Waals surface area contributed by atoms with Crippen LogP contribution in [0.3, 0.4) is 0 Å². The van der Waals surface area contributed by atoms with Gasteiger partial charge in [-0.3, -0.25) is 14.5 Å². The van der Waals surface area contributed by atoms with E-state index in [4.69, 9.17) is 5.84 Å². The number of rotatable bonds is 5. The molecule has 3 N–H and O–H groups in total. The number of benzene rings is 2. The summed E-state index contributed by atoms with van der Waals surface area (Å²) in [4.78, 5) is 11.8. The molecule has 0 radical (unpaired) electrons. The van der Waals surface area contributed by atoms with E-state index in [1.54, 1.807) is 43.3 Å². The minimum absolute atomic E-state index is 0.121. The molecule has 0 unspecified atom stereocenters. The summed E-state index contributed by atoms with van der Waals surface area (Å²) in [5, 5.41) is 0. The van der Waals surface area contributed by atoms with Crippen LogP contribution in [0.25, 0.3) is 0 Å². The summed E-state index contributed by atoms with van der Waals surface area (Å²) in [7, 11) is -3.88. The SMILES string of the molecule is Cc1ccc(S(=O)(=O)N(CC(=O)NN)c2ccccc2C)cc1. The molecule has 0 atom stereocenters. The molecular formula is C16H19N3O3S. The summed E-state index contributed by atoms with van der Waals surface area (Å²) < 4.78 is 27.0. The fourth-order valence-electron chi connectivity index (χ4n) is 2.16. The second-order valence-electron chi connectivity index (χ2n) is 5.18. The molecule has 0 heterocycles. The Labute approximate surface area is 135 Å². The molecule has 2 aromatic rings. The van der Waals surface area contributed by atoms with Crippen LogP contribution in [0.4, 0.5) is 5.69 Å². The number of aryl methyl sites for hydroxylation is 2. The van der Waals surface area contributed by atoms with Gasteiger partial charge in [0, 0.05) is 0 Å². The average molecular weight is 333 g/mol. The van der Waals surface area contributed by atoms with E-state index in [-0.39, 0.29) is 4.90 Å². The van der Waals surface area contributed by atoms with E-state index in [1.807, 2.05) is 12.3 Å². The molecule has 2 rings (SSSR count). The number of hydrazine groups is 1. The van der Waals surface area contributed by atoms with Gasteiger partial charge in [0.05, 0.1) is 10.6 Å². The van der Waals surface area contributed by atoms with Gasteiger partial charge in [-0.05, 0) is 37.6 Å². The number of sulfonamides is 1. The first kappa shape index (κ1) is 17.0. The first-order valence-corrected chi connectivity index (χ1v) is 8.44. The Morgan fingerprint density at radius 1 is 1.09 bits per heavy atom. The number of nitrogens with one attached hydrogen (secondary N) is 1. The molecule has 2 aromatic carbocycles. The van der Waals surface area contributed by atoms with E-state index in [2.05, 4.69) is 0 Å². The van der Waals surface area contributed by atoms with Crippen LogP contribution < -0.4 is 15.6 Å². The van der Waals surface area contributed by atoms with Crippen molar-refractivity contribution in [3.63, 3.8) is 0 Å². The zero-order valence-electron chi connectivity index (χ0n) is 13.0. The monoisotopic (exact) mass is 333 g/mol. The number of carbonyl (C=O) groups excluding carboxylic acids is 1. The summed E-state index contributed by atoms with van der Waals surface area (Å²) in [6.07, 6.45) is 0. The maximum absolute atomic E-state index is 13.0. The maximum Gasteiger partial charge on any atom is 0.264 e. The fourth-order valence-corrected chi connectivity index (χ4v) is 3.64. The Morgan fingerprint density at radius 2 is 1.70 bits per heavy atom. The van der Waals surface area contributed by atoms with E-state index >= 15 is 0 Å². The quantitative estimate of drug-likeness (QED) is 0.492. The smallest absolute Gasteiger partial charge is 0.264 e. The number of nitrogens with two attached hydrogens (primary N) is 1. The van der Waals surface area contributed by atoms with Crippen molar-refractivity contribution in [1.29, 1.82) is 0 Å². The zero-order chi connectivity index (χ0) is 17.0. The van der Waals surface area contributed by atoms with Gasteiger partial charge in [-0.2, -0.15) is 0 Å². The van der Waals surface area contributed by atoms with E-state index in [0.29, 0.717) is 5.69 Å². The summed E-state index contributed by atoms with van der Waals surface area (Å²) in [6, 6.07) is 13.4. The van der Waals surface area contributed by atoms with Crippen molar-refractivity contribution in [2.45, 2.75) is 18.7 Å². The molecule has 0 bridgehead atoms. The second kappa shape index (κ2) is 6.80. The van der Waals surface area contributed by atoms with Gasteiger partial charge in [0.15, 0.2) is 0 Å². The number of anilines is 1. The molecule has 6 nitrogen and oxygen atoms in total. The van der Waals surface area contributed by atoms with Gasteiger partial charge >= 0.3 is 0 Å². The second-order valence-corrected chi connectivity index (χ2v) is 7.04. The number of carbonyl (C=O) groups is 1. The van der Waals surface area contributed by atoms with Crippen LogP contribution in [-0.4, -0.2) is 20.9 Å². The van der Waals surface area contributed by atoms with E-state index in [0.717, 1.165) is 15.4 Å². The van der Waals surface area contributed by atoms with Crippen LogP contribution in [0.5, 0.6) is 0 Å². The minimum atomic E-state index is -3.88. The van der Waals surface area contributed by atoms with Crippen molar-refractivity contribution in [1.82, 2.24) is 5.43 Å². The Bertz CT molecular complexity index is 802. The van der Waals surface area contributed by atoms with Crippen molar-refractivity contribution in [2.24, 2.45) is 5.84 Å². The summed E-state index contributed by atoms with van der Waals surface area (Å²) in [6.45, 7) is 3.27. The lowest BCUT2D eigenvalue weighted by atomic mass is 10.2. The molecule has 7 heteroatoms. The Kier molecular flexibility index (Phi) is 5.02. The Hall–Kier alpha value is -2.38. The molecule has 23 heavy (non-hydrogen) atoms. The molecule has 0 saturated heterocycles. The first-order valence-electron chi connectivity index (χ1n) is 7.00. The lowest BCUT2D eigenvalue weighted by Gasteiger charge is -2.25. The van der Waals surface area contributed by atoms with Crippen LogP contribution in [-0.2, 0) is 14.8 Å². The van der Waals surface area contributed by atoms with Gasteiger partial charge in [-0.15, -0.1) is 0 Å². The molecule has 0 aliphatic carbocycles. The standard InChI is InChI=1S/C16H19N3O3S/c1-12-7-9-14(10-8-12)23(21,22)19(11-16(20)18-17)15-6-4-3-5-13(15)2/h3-10H,11,17H2,1-2H3,(H,18,20). The van der Waals surface area contributed by atoms with Crippen molar-refractivity contribution >= 4 is 21.6 Å². The molecule has 122 valence electrons. The number of amides is 1. The van der Waals surface area contributed by atoms with Gasteiger partial charge in [0.25, 0.3) is 15.9 Å². The number of hydrogen-bond donors (Lipinski definition) is 2. The Balaban J connectivity index is 2.54. The third-order valence-corrected chi connectivity index (χ3v) is 5.22. The molecular weight excluding hydrogens is 314 g/mol. The third kappa shape index (κ3) is 3.69. The summed E-state index contributed by atoms with van der Waals surface area (Å²) in [5.41, 5.74) is 4.11. The normalized spacial score (nSPS) is 11.1. The number of nitrogens with zero attached hydrogens (tertiary/aromatic N) is 1. The van der Waals surface area contributed by atoms with Crippen LogP contribution in [0.15, 0.2) is 53.4 Å². The zero-order valence-corrected chi connectivity index (χ0v) is 13.8. The van der Waals surface area contributed by atoms with E-state index < -0.39 is 22.5 Å². The van der Waals surface area contributed by atoms with Gasteiger partial charge in [0.1, 0.15) is 6.54 Å². The highest BCUT2D eigenvalue weighted by Gasteiger charge is 2.27. The van der Waals surface area contributed by atoms with Crippen LogP contribution >= 0.6 is 0 Å². The molecule has 1 amide bonds. The summed E-state index contributed by atoms with van der Waals surface area (Å²) >= 11 is 0. The Morgan fingerprint density at radius 3 is 2.26 bits per heavy atom. The first-order chi connectivity index (χ1) is 10.9. The van der Waals surface area contributed by atoms with Crippen LogP contribution in [0, 0.1) is 13.8 Å². The molecule has 0 spiro atoms. The number of para-hydroxylation sites is 1. The van der Waals surface area contributed by atoms with E-state index in [1.165, 1.54) is 12.1 Å². The summed E-state index contributed by atoms with van der Waals surface area (Å²) in [5.74, 6) is 4.52. The van der Waals surface area contributed by atoms with Crippen molar-refractivity contribution in [3.05, 3.63) is 59.7 Å². The van der Waals surface area contributed by atoms with Gasteiger partial charge in [0.2, 0.25) is 0 Å². The molecule has 0 saturated carbocycles. The lowest BCUT2D eigenvalue weighted by Crippen LogP contribution is -2.43. The topological polar surface area (TPSA) is 92.5 Å². The van der Waals surface area contributed by atoms with Crippen LogP contribution in [0.1, 0.15) is 11.1 Å². The molecule has 0 aliphatic rings. The predicted molar refractivity (Wildman–Crippen MR) is 89.2 cm³/mol. The molecule has 0 aromatic heterocycles.